The zero-order valence-electron chi connectivity index (χ0n) is 10.7. The largest absolute Gasteiger partial charge is 0.419 e. The third kappa shape index (κ3) is 3.85. The Morgan fingerprint density at radius 2 is 1.71 bits per heavy atom. The fraction of sp³-hybridized carbons (Fsp3) is 0.455. The predicted octanol–water partition coefficient (Wildman–Crippen LogP) is 1.86. The highest BCUT2D eigenvalue weighted by atomic mass is 35.5. The molecule has 0 unspecified atom stereocenters. The maximum absolute atomic E-state index is 13.4. The van der Waals surface area contributed by atoms with Crippen LogP contribution in [0.5, 0.6) is 0 Å². The van der Waals surface area contributed by atoms with E-state index in [9.17, 15) is 26.0 Å². The number of benzene rings is 1. The predicted molar refractivity (Wildman–Crippen MR) is 70.3 cm³/mol. The van der Waals surface area contributed by atoms with E-state index in [1.807, 2.05) is 0 Å². The summed E-state index contributed by atoms with van der Waals surface area (Å²) in [5, 5.41) is 2.95. The summed E-state index contributed by atoms with van der Waals surface area (Å²) in [4.78, 5) is -0.468. The zero-order chi connectivity index (χ0) is 15.0. The van der Waals surface area contributed by atoms with E-state index >= 15 is 0 Å². The fourth-order valence-electron chi connectivity index (χ4n) is 1.92. The van der Waals surface area contributed by atoms with Crippen LogP contribution in [0.15, 0.2) is 23.1 Å². The fourth-order valence-corrected chi connectivity index (χ4v) is 3.37. The monoisotopic (exact) mass is 348 g/mol. The summed E-state index contributed by atoms with van der Waals surface area (Å²) in [6, 6.07) is 1.65. The molecule has 0 atom stereocenters. The first-order valence-corrected chi connectivity index (χ1v) is 7.24. The second-order valence-electron chi connectivity index (χ2n) is 4.29. The maximum atomic E-state index is 13.4. The van der Waals surface area contributed by atoms with Crippen LogP contribution in [-0.4, -0.2) is 38.9 Å². The summed E-state index contributed by atoms with van der Waals surface area (Å²) < 4.78 is 76.1. The standard InChI is InChI=1S/C11H12F4N2O2S.ClH/c12-10-7-8(1-2-9(10)11(13,14)15)20(18,19)17-5-3-16-4-6-17;/h1-2,7,16H,3-6H2;1H. The average molecular weight is 349 g/mol. The number of nitrogens with zero attached hydrogens (tertiary/aromatic N) is 1. The molecule has 0 aromatic heterocycles. The van der Waals surface area contributed by atoms with Gasteiger partial charge >= 0.3 is 6.18 Å². The molecule has 1 aliphatic rings. The molecule has 1 aliphatic heterocycles. The van der Waals surface area contributed by atoms with Crippen LogP contribution < -0.4 is 5.32 Å². The van der Waals surface area contributed by atoms with Gasteiger partial charge in [-0.2, -0.15) is 17.5 Å². The summed E-state index contributed by atoms with van der Waals surface area (Å²) in [6.45, 7) is 1.29. The highest BCUT2D eigenvalue weighted by Gasteiger charge is 2.35. The van der Waals surface area contributed by atoms with Crippen molar-refractivity contribution in [3.05, 3.63) is 29.6 Å². The Bertz CT molecular complexity index is 601. The lowest BCUT2D eigenvalue weighted by molar-refractivity contribution is -0.140. The quantitative estimate of drug-likeness (QED) is 0.830. The molecule has 1 fully saturated rings. The summed E-state index contributed by atoms with van der Waals surface area (Å²) in [7, 11) is -3.96. The van der Waals surface area contributed by atoms with Crippen molar-refractivity contribution in [2.24, 2.45) is 0 Å². The van der Waals surface area contributed by atoms with E-state index in [0.29, 0.717) is 25.2 Å². The van der Waals surface area contributed by atoms with Crippen molar-refractivity contribution in [1.29, 1.82) is 0 Å². The summed E-state index contributed by atoms with van der Waals surface area (Å²) in [5.41, 5.74) is -1.48. The van der Waals surface area contributed by atoms with E-state index in [0.717, 1.165) is 10.4 Å². The van der Waals surface area contributed by atoms with Crippen LogP contribution in [0.1, 0.15) is 5.56 Å². The highest BCUT2D eigenvalue weighted by molar-refractivity contribution is 7.89. The molecule has 21 heavy (non-hydrogen) atoms. The molecular formula is C11H13ClF4N2O2S. The Hall–Kier alpha value is -0.900. The van der Waals surface area contributed by atoms with Gasteiger partial charge in [0.1, 0.15) is 5.82 Å². The molecule has 10 heteroatoms. The molecule has 1 aromatic carbocycles. The first-order valence-electron chi connectivity index (χ1n) is 5.80. The average Bonchev–Trinajstić information content (AvgIpc) is 2.38. The van der Waals surface area contributed by atoms with Crippen molar-refractivity contribution in [3.8, 4) is 0 Å². The second kappa shape index (κ2) is 6.47. The number of sulfonamides is 1. The molecule has 2 rings (SSSR count). The van der Waals surface area contributed by atoms with Gasteiger partial charge in [0.05, 0.1) is 10.5 Å². The minimum atomic E-state index is -4.85. The van der Waals surface area contributed by atoms with E-state index in [1.165, 1.54) is 0 Å². The third-order valence-corrected chi connectivity index (χ3v) is 4.85. The van der Waals surface area contributed by atoms with Crippen molar-refractivity contribution in [3.63, 3.8) is 0 Å². The van der Waals surface area contributed by atoms with Crippen LogP contribution in [0.2, 0.25) is 0 Å². The number of halogens is 5. The normalized spacial score (nSPS) is 17.3. The molecule has 1 heterocycles. The highest BCUT2D eigenvalue weighted by Crippen LogP contribution is 2.32. The van der Waals surface area contributed by atoms with Gasteiger partial charge in [-0.3, -0.25) is 0 Å². The third-order valence-electron chi connectivity index (χ3n) is 2.96. The van der Waals surface area contributed by atoms with Crippen LogP contribution in [0, 0.1) is 5.82 Å². The minimum Gasteiger partial charge on any atom is -0.314 e. The lowest BCUT2D eigenvalue weighted by atomic mass is 10.2. The maximum Gasteiger partial charge on any atom is 0.419 e. The minimum absolute atomic E-state index is 0. The number of rotatable bonds is 2. The first-order chi connectivity index (χ1) is 9.23. The summed E-state index contributed by atoms with van der Waals surface area (Å²) in [6.07, 6.45) is -4.85. The Labute approximate surface area is 125 Å². The number of piperazine rings is 1. The number of alkyl halides is 3. The van der Waals surface area contributed by atoms with Crippen molar-refractivity contribution in [2.45, 2.75) is 11.1 Å². The smallest absolute Gasteiger partial charge is 0.314 e. The van der Waals surface area contributed by atoms with Crippen molar-refractivity contribution in [2.75, 3.05) is 26.2 Å². The van der Waals surface area contributed by atoms with Gasteiger partial charge < -0.3 is 5.32 Å². The molecule has 1 saturated heterocycles. The molecule has 0 aliphatic carbocycles. The van der Waals surface area contributed by atoms with E-state index in [4.69, 9.17) is 0 Å². The molecule has 0 amide bonds. The molecule has 0 spiro atoms. The summed E-state index contributed by atoms with van der Waals surface area (Å²) >= 11 is 0. The van der Waals surface area contributed by atoms with E-state index in [2.05, 4.69) is 5.32 Å². The van der Waals surface area contributed by atoms with Crippen LogP contribution in [0.25, 0.3) is 0 Å². The van der Waals surface area contributed by atoms with Gasteiger partial charge in [0, 0.05) is 26.2 Å². The molecular weight excluding hydrogens is 336 g/mol. The van der Waals surface area contributed by atoms with Crippen LogP contribution in [0.3, 0.4) is 0 Å². The van der Waals surface area contributed by atoms with Gasteiger partial charge in [0.2, 0.25) is 10.0 Å². The van der Waals surface area contributed by atoms with Crippen molar-refractivity contribution >= 4 is 22.4 Å². The molecule has 0 radical (unpaired) electrons. The molecule has 120 valence electrons. The lowest BCUT2D eigenvalue weighted by Crippen LogP contribution is -2.46. The number of hydrogen-bond donors (Lipinski definition) is 1. The second-order valence-corrected chi connectivity index (χ2v) is 6.23. The van der Waals surface area contributed by atoms with E-state index < -0.39 is 32.5 Å². The van der Waals surface area contributed by atoms with Gasteiger partial charge in [-0.1, -0.05) is 0 Å². The van der Waals surface area contributed by atoms with E-state index in [-0.39, 0.29) is 25.5 Å². The lowest BCUT2D eigenvalue weighted by Gasteiger charge is -2.26. The van der Waals surface area contributed by atoms with Crippen molar-refractivity contribution in [1.82, 2.24) is 9.62 Å². The van der Waals surface area contributed by atoms with Gasteiger partial charge in [-0.25, -0.2) is 12.8 Å². The first kappa shape index (κ1) is 18.1. The SMILES string of the molecule is Cl.O=S(=O)(c1ccc(C(F)(F)F)c(F)c1)N1CCNCC1. The van der Waals surface area contributed by atoms with Gasteiger partial charge in [0.25, 0.3) is 0 Å². The Kier molecular flexibility index (Phi) is 5.59. The molecule has 1 aromatic rings. The Morgan fingerprint density at radius 3 is 2.19 bits per heavy atom. The van der Waals surface area contributed by atoms with E-state index in [1.54, 1.807) is 0 Å². The van der Waals surface area contributed by atoms with Crippen LogP contribution in [-0.2, 0) is 16.2 Å². The van der Waals surface area contributed by atoms with Gasteiger partial charge in [-0.05, 0) is 18.2 Å². The van der Waals surface area contributed by atoms with Gasteiger partial charge in [-0.15, -0.1) is 12.4 Å². The van der Waals surface area contributed by atoms with Crippen LogP contribution >= 0.6 is 12.4 Å². The van der Waals surface area contributed by atoms with Gasteiger partial charge in [0.15, 0.2) is 0 Å². The number of hydrogen-bond acceptors (Lipinski definition) is 3. The topological polar surface area (TPSA) is 49.4 Å². The summed E-state index contributed by atoms with van der Waals surface area (Å²) in [5.74, 6) is -1.59. The molecule has 0 saturated carbocycles. The molecule has 0 bridgehead atoms. The molecule has 4 nitrogen and oxygen atoms in total. The zero-order valence-corrected chi connectivity index (χ0v) is 12.3. The molecule has 1 N–H and O–H groups in total. The van der Waals surface area contributed by atoms with Crippen LogP contribution in [0.4, 0.5) is 17.6 Å². The number of nitrogens with one attached hydrogen (secondary N) is 1. The van der Waals surface area contributed by atoms with Crippen molar-refractivity contribution < 1.29 is 26.0 Å². The Morgan fingerprint density at radius 1 is 1.14 bits per heavy atom. The Balaban J connectivity index is 0.00000220.